The van der Waals surface area contributed by atoms with E-state index >= 15 is 0 Å². The van der Waals surface area contributed by atoms with Gasteiger partial charge in [0.25, 0.3) is 0 Å². The fourth-order valence-corrected chi connectivity index (χ4v) is 8.66. The second kappa shape index (κ2) is 41.6. The van der Waals surface area contributed by atoms with Gasteiger partial charge < -0.3 is 137 Å². The van der Waals surface area contributed by atoms with Crippen molar-refractivity contribution in [2.45, 2.75) is 51.6 Å². The number of carbonyl (C=O) groups excluding carboxylic acids is 2. The first-order valence-electron chi connectivity index (χ1n) is 29.9. The van der Waals surface area contributed by atoms with E-state index in [-0.39, 0.29) is 225 Å². The zero-order valence-corrected chi connectivity index (χ0v) is 52.4. The lowest BCUT2D eigenvalue weighted by Gasteiger charge is -2.22. The fraction of sp³-hybridized carbons (Fsp3) is 0.414. The van der Waals surface area contributed by atoms with Gasteiger partial charge in [-0.25, -0.2) is 0 Å². The minimum absolute atomic E-state index is 0.0258. The van der Waals surface area contributed by atoms with Crippen LogP contribution in [0.5, 0.6) is 46.0 Å². The Morgan fingerprint density at radius 3 is 0.809 bits per heavy atom. The van der Waals surface area contributed by atoms with E-state index < -0.39 is 0 Å². The van der Waals surface area contributed by atoms with Crippen LogP contribution in [0.3, 0.4) is 0 Å². The van der Waals surface area contributed by atoms with Crippen LogP contribution >= 0.6 is 0 Å². The molecule has 36 nitrogen and oxygen atoms in total. The number of benzene rings is 4. The second-order valence-electron chi connectivity index (χ2n) is 20.2. The molecular formula is C58H92N26O10. The zero-order chi connectivity index (χ0) is 68.6. The summed E-state index contributed by atoms with van der Waals surface area (Å²) in [7, 11) is 0. The lowest BCUT2D eigenvalue weighted by atomic mass is 9.99. The number of hydrogen-bond donors (Lipinski definition) is 26. The molecule has 0 unspecified atom stereocenters. The van der Waals surface area contributed by atoms with Crippen LogP contribution < -0.4 is 137 Å². The SMILES string of the molecule is N=C(N)NCCOc1cccc(-c2cc(CNC(=O)CCCCCCC(=O)NCc3cc(OCCNC(=N)N)c(OCCNC(=N)N)c(-c4cccc(OCCNC(=N)N)c4OCCNC(=N)N)c3)cc(OCCNC(=N)N)c2OCCNC(=N)N)c1OCCNC(=N)N. The third-order valence-corrected chi connectivity index (χ3v) is 12.7. The number of hydrogen-bond acceptors (Lipinski definition) is 18. The van der Waals surface area contributed by atoms with Gasteiger partial charge >= 0.3 is 0 Å². The number of carbonyl (C=O) groups is 2. The van der Waals surface area contributed by atoms with Gasteiger partial charge in [0.15, 0.2) is 93.7 Å². The standard InChI is InChI=1S/C58H92N26O10/c59-51(60)75-13-21-87-41-9-5-7-37(47(41)91-25-17-79-55(67)68)39-29-35(31-43(89-23-15-77-53(63)64)49(39)93-27-19-81-57(71)72)33-83-45(85)11-3-1-2-4-12-46(86)84-34-36-30-40(50(94-28-20-82-58(73)74)44(32-36)90-24-16-78-54(65)66)38-8-6-10-42(88-22-14-76-52(61)62)48(38)92-26-18-80-56(69)70/h5-10,29-32H,1-4,11-28,33-34H2,(H,83,85)(H,84,86)(H4,59,60,75)(H4,61,62,76)(H4,63,64,77)(H4,65,66,78)(H4,67,68,79)(H4,69,70,80)(H4,71,72,81)(H4,73,74,82). The van der Waals surface area contributed by atoms with Gasteiger partial charge in [0.1, 0.15) is 52.9 Å². The highest BCUT2D eigenvalue weighted by Crippen LogP contribution is 2.48. The van der Waals surface area contributed by atoms with E-state index in [4.69, 9.17) is 127 Å². The van der Waals surface area contributed by atoms with Crippen molar-refractivity contribution in [3.05, 3.63) is 71.8 Å². The number of para-hydroxylation sites is 2. The number of nitrogens with one attached hydrogen (secondary N) is 18. The molecule has 514 valence electrons. The van der Waals surface area contributed by atoms with E-state index in [2.05, 4.69) is 53.2 Å². The monoisotopic (exact) mass is 1310 g/mol. The number of guanidine groups is 8. The Morgan fingerprint density at radius 2 is 0.543 bits per heavy atom. The van der Waals surface area contributed by atoms with Crippen molar-refractivity contribution < 1.29 is 47.5 Å². The third kappa shape index (κ3) is 29.3. The summed E-state index contributed by atoms with van der Waals surface area (Å²) in [6.45, 7) is 1.88. The number of unbranched alkanes of at least 4 members (excludes halogenated alkanes) is 3. The molecule has 0 aliphatic heterocycles. The van der Waals surface area contributed by atoms with Crippen LogP contribution in [0.25, 0.3) is 22.3 Å². The molecule has 0 aliphatic carbocycles. The third-order valence-electron chi connectivity index (χ3n) is 12.7. The van der Waals surface area contributed by atoms with Crippen LogP contribution in [0.4, 0.5) is 0 Å². The molecule has 0 saturated carbocycles. The molecule has 2 amide bonds. The summed E-state index contributed by atoms with van der Waals surface area (Å²) in [5.74, 6) is -0.202. The lowest BCUT2D eigenvalue weighted by Crippen LogP contribution is -2.34. The molecule has 4 aromatic carbocycles. The van der Waals surface area contributed by atoms with E-state index in [1.807, 2.05) is 0 Å². The molecule has 36 heteroatoms. The van der Waals surface area contributed by atoms with Gasteiger partial charge in [-0.15, -0.1) is 0 Å². The van der Waals surface area contributed by atoms with Crippen molar-refractivity contribution >= 4 is 59.5 Å². The molecule has 0 saturated heterocycles. The van der Waals surface area contributed by atoms with Gasteiger partial charge in [-0.05, 0) is 60.4 Å². The Labute approximate surface area is 544 Å². The lowest BCUT2D eigenvalue weighted by molar-refractivity contribution is -0.122. The van der Waals surface area contributed by atoms with Gasteiger partial charge in [0, 0.05) is 48.2 Å². The summed E-state index contributed by atoms with van der Waals surface area (Å²) in [5, 5.41) is 88.6. The molecule has 4 rings (SSSR count). The normalized spacial score (nSPS) is 10.4. The Kier molecular flexibility index (Phi) is 33.1. The summed E-state index contributed by atoms with van der Waals surface area (Å²) in [4.78, 5) is 27.0. The Hall–Kier alpha value is -11.6. The van der Waals surface area contributed by atoms with E-state index in [0.29, 0.717) is 70.6 Å². The minimum atomic E-state index is -0.260. The predicted octanol–water partition coefficient (Wildman–Crippen LogP) is -1.81. The molecule has 0 bridgehead atoms. The van der Waals surface area contributed by atoms with Crippen molar-refractivity contribution in [1.82, 2.24) is 53.2 Å². The van der Waals surface area contributed by atoms with Gasteiger partial charge in [-0.3, -0.25) is 52.9 Å². The maximum absolute atomic E-state index is 13.5. The van der Waals surface area contributed by atoms with Crippen LogP contribution in [0, 0.1) is 43.3 Å². The van der Waals surface area contributed by atoms with Gasteiger partial charge in [-0.1, -0.05) is 37.1 Å². The van der Waals surface area contributed by atoms with E-state index in [1.54, 1.807) is 60.7 Å². The maximum Gasteiger partial charge on any atom is 0.220 e. The molecule has 0 fully saturated rings. The number of ether oxygens (including phenoxy) is 8. The van der Waals surface area contributed by atoms with Crippen LogP contribution in [0.1, 0.15) is 49.7 Å². The number of amides is 2. The molecule has 0 aromatic heterocycles. The summed E-state index contributed by atoms with van der Waals surface area (Å²) >= 11 is 0. The first kappa shape index (κ1) is 74.8. The highest BCUT2D eigenvalue weighted by molar-refractivity contribution is 5.84. The zero-order valence-electron chi connectivity index (χ0n) is 52.4. The van der Waals surface area contributed by atoms with Crippen LogP contribution in [-0.2, 0) is 22.7 Å². The summed E-state index contributed by atoms with van der Waals surface area (Å²) in [6, 6.07) is 17.5. The molecule has 0 heterocycles. The van der Waals surface area contributed by atoms with Crippen molar-refractivity contribution in [2.24, 2.45) is 45.9 Å². The number of rotatable bonds is 45. The van der Waals surface area contributed by atoms with E-state index in [9.17, 15) is 9.59 Å². The molecule has 0 atom stereocenters. The van der Waals surface area contributed by atoms with Gasteiger partial charge in [0.05, 0.1) is 52.4 Å². The predicted molar refractivity (Wildman–Crippen MR) is 358 cm³/mol. The van der Waals surface area contributed by atoms with Crippen molar-refractivity contribution in [1.29, 1.82) is 43.3 Å². The summed E-state index contributed by atoms with van der Waals surface area (Å²) in [5.41, 5.74) is 47.4. The van der Waals surface area contributed by atoms with Crippen LogP contribution in [0.2, 0.25) is 0 Å². The first-order chi connectivity index (χ1) is 45.1. The van der Waals surface area contributed by atoms with E-state index in [0.717, 1.165) is 0 Å². The largest absolute Gasteiger partial charge is 0.488 e. The Morgan fingerprint density at radius 1 is 0.298 bits per heavy atom. The van der Waals surface area contributed by atoms with Crippen molar-refractivity contribution in [3.63, 3.8) is 0 Å². The highest BCUT2D eigenvalue weighted by atomic mass is 16.5. The summed E-state index contributed by atoms with van der Waals surface area (Å²) < 4.78 is 50.1. The average molecular weight is 1310 g/mol. The van der Waals surface area contributed by atoms with Gasteiger partial charge in [0.2, 0.25) is 11.8 Å². The quantitative estimate of drug-likeness (QED) is 0.0132. The maximum atomic E-state index is 13.5. The smallest absolute Gasteiger partial charge is 0.220 e. The first-order valence-corrected chi connectivity index (χ1v) is 29.9. The van der Waals surface area contributed by atoms with Crippen LogP contribution in [0.15, 0.2) is 60.7 Å². The number of nitrogens with two attached hydrogens (primary N) is 8. The molecule has 94 heavy (non-hydrogen) atoms. The van der Waals surface area contributed by atoms with Crippen molar-refractivity contribution in [3.8, 4) is 68.2 Å². The van der Waals surface area contributed by atoms with Crippen molar-refractivity contribution in [2.75, 3.05) is 105 Å². The topological polar surface area (TPSA) is 627 Å². The highest BCUT2D eigenvalue weighted by Gasteiger charge is 2.25. The molecule has 0 spiro atoms. The van der Waals surface area contributed by atoms with E-state index in [1.165, 1.54) is 0 Å². The average Bonchev–Trinajstić information content (AvgIpc) is 0.795. The molecule has 0 aliphatic rings. The molecular weight excluding hydrogens is 1220 g/mol. The molecule has 34 N–H and O–H groups in total. The fourth-order valence-electron chi connectivity index (χ4n) is 8.66. The van der Waals surface area contributed by atoms with Gasteiger partial charge in [-0.2, -0.15) is 0 Å². The molecule has 0 radical (unpaired) electrons. The molecule has 4 aromatic rings. The van der Waals surface area contributed by atoms with Crippen LogP contribution in [-0.4, -0.2) is 165 Å². The Bertz CT molecular complexity index is 2980. The summed E-state index contributed by atoms with van der Waals surface area (Å²) in [6.07, 6.45) is 2.72. The Balaban J connectivity index is 1.53. The second-order valence-corrected chi connectivity index (χ2v) is 20.2. The minimum Gasteiger partial charge on any atom is -0.488 e.